The summed E-state index contributed by atoms with van der Waals surface area (Å²) in [4.78, 5) is 0. The van der Waals surface area contributed by atoms with Crippen LogP contribution in [0.4, 0.5) is 0 Å². The number of aliphatic hydroxyl groups excluding tert-OH is 1. The number of benzene rings is 1. The molecule has 0 aliphatic rings. The molecule has 1 rings (SSSR count). The molecule has 0 radical (unpaired) electrons. The molecule has 3 nitrogen and oxygen atoms in total. The maximum atomic E-state index is 9.23. The van der Waals surface area contributed by atoms with Gasteiger partial charge in [-0.05, 0) is 50.4 Å². The normalized spacial score (nSPS) is 12.4. The van der Waals surface area contributed by atoms with Crippen molar-refractivity contribution < 1.29 is 9.84 Å². The molecule has 0 fully saturated rings. The SMILES string of the molecule is CCCNC(CO)CCOc1cc(C)ccc1C. The van der Waals surface area contributed by atoms with Gasteiger partial charge in [0, 0.05) is 6.04 Å². The van der Waals surface area contributed by atoms with Gasteiger partial charge >= 0.3 is 0 Å². The van der Waals surface area contributed by atoms with Crippen LogP contribution in [0.1, 0.15) is 30.9 Å². The second-order valence-electron chi connectivity index (χ2n) is 4.74. The Bertz CT molecular complexity index is 352. The molecule has 1 aromatic carbocycles. The highest BCUT2D eigenvalue weighted by Gasteiger charge is 2.07. The summed E-state index contributed by atoms with van der Waals surface area (Å²) in [6, 6.07) is 6.35. The van der Waals surface area contributed by atoms with E-state index in [1.165, 1.54) is 5.56 Å². The highest BCUT2D eigenvalue weighted by atomic mass is 16.5. The number of hydrogen-bond acceptors (Lipinski definition) is 3. The number of ether oxygens (including phenoxy) is 1. The Hall–Kier alpha value is -1.06. The molecular weight excluding hydrogens is 226 g/mol. The molecule has 0 heterocycles. The maximum absolute atomic E-state index is 9.23. The highest BCUT2D eigenvalue weighted by Crippen LogP contribution is 2.19. The van der Waals surface area contributed by atoms with Crippen molar-refractivity contribution in [3.05, 3.63) is 29.3 Å². The quantitative estimate of drug-likeness (QED) is 0.745. The largest absolute Gasteiger partial charge is 0.493 e. The average Bonchev–Trinajstić information content (AvgIpc) is 2.37. The van der Waals surface area contributed by atoms with Crippen molar-refractivity contribution in [2.75, 3.05) is 19.8 Å². The molecule has 1 aromatic rings. The summed E-state index contributed by atoms with van der Waals surface area (Å²) in [5.41, 5.74) is 2.36. The van der Waals surface area contributed by atoms with Crippen molar-refractivity contribution in [3.8, 4) is 5.75 Å². The van der Waals surface area contributed by atoms with Crippen LogP contribution in [0.25, 0.3) is 0 Å². The fourth-order valence-corrected chi connectivity index (χ4v) is 1.78. The van der Waals surface area contributed by atoms with E-state index in [0.29, 0.717) is 6.61 Å². The first-order chi connectivity index (χ1) is 8.67. The Kier molecular flexibility index (Phi) is 6.76. The molecular formula is C15H25NO2. The number of aryl methyl sites for hydroxylation is 2. The van der Waals surface area contributed by atoms with E-state index in [-0.39, 0.29) is 12.6 Å². The van der Waals surface area contributed by atoms with Gasteiger partial charge in [0.2, 0.25) is 0 Å². The van der Waals surface area contributed by atoms with Crippen LogP contribution in [0.5, 0.6) is 5.75 Å². The van der Waals surface area contributed by atoms with E-state index >= 15 is 0 Å². The fourth-order valence-electron chi connectivity index (χ4n) is 1.78. The van der Waals surface area contributed by atoms with E-state index in [2.05, 4.69) is 37.4 Å². The first-order valence-electron chi connectivity index (χ1n) is 6.71. The molecule has 0 aliphatic heterocycles. The van der Waals surface area contributed by atoms with Gasteiger partial charge in [0.25, 0.3) is 0 Å². The van der Waals surface area contributed by atoms with Gasteiger partial charge < -0.3 is 15.2 Å². The summed E-state index contributed by atoms with van der Waals surface area (Å²) in [6.07, 6.45) is 1.90. The van der Waals surface area contributed by atoms with Gasteiger partial charge in [-0.15, -0.1) is 0 Å². The molecule has 0 saturated carbocycles. The molecule has 0 bridgehead atoms. The summed E-state index contributed by atoms with van der Waals surface area (Å²) in [7, 11) is 0. The van der Waals surface area contributed by atoms with Crippen LogP contribution in [0, 0.1) is 13.8 Å². The second kappa shape index (κ2) is 8.11. The van der Waals surface area contributed by atoms with Gasteiger partial charge in [-0.3, -0.25) is 0 Å². The molecule has 0 aliphatic carbocycles. The third-order valence-corrected chi connectivity index (χ3v) is 2.97. The van der Waals surface area contributed by atoms with Crippen molar-refractivity contribution >= 4 is 0 Å². The van der Waals surface area contributed by atoms with Crippen LogP contribution in [0.3, 0.4) is 0 Å². The predicted octanol–water partition coefficient (Wildman–Crippen LogP) is 2.43. The summed E-state index contributed by atoms with van der Waals surface area (Å²) in [5.74, 6) is 0.946. The third kappa shape index (κ3) is 5.07. The molecule has 1 atom stereocenters. The highest BCUT2D eigenvalue weighted by molar-refractivity contribution is 5.35. The minimum Gasteiger partial charge on any atom is -0.493 e. The van der Waals surface area contributed by atoms with Crippen molar-refractivity contribution in [1.29, 1.82) is 0 Å². The van der Waals surface area contributed by atoms with E-state index in [9.17, 15) is 5.11 Å². The average molecular weight is 251 g/mol. The lowest BCUT2D eigenvalue weighted by molar-refractivity contribution is 0.208. The molecule has 2 N–H and O–H groups in total. The Morgan fingerprint density at radius 1 is 1.33 bits per heavy atom. The van der Waals surface area contributed by atoms with E-state index in [1.54, 1.807) is 0 Å². The zero-order chi connectivity index (χ0) is 13.4. The maximum Gasteiger partial charge on any atom is 0.122 e. The Morgan fingerprint density at radius 3 is 2.78 bits per heavy atom. The van der Waals surface area contributed by atoms with Crippen LogP contribution in [-0.2, 0) is 0 Å². The van der Waals surface area contributed by atoms with E-state index < -0.39 is 0 Å². The lowest BCUT2D eigenvalue weighted by Crippen LogP contribution is -2.34. The number of hydrogen-bond donors (Lipinski definition) is 2. The molecule has 18 heavy (non-hydrogen) atoms. The molecule has 102 valence electrons. The van der Waals surface area contributed by atoms with E-state index in [0.717, 1.165) is 30.7 Å². The Labute approximate surface area is 110 Å². The third-order valence-electron chi connectivity index (χ3n) is 2.97. The van der Waals surface area contributed by atoms with Gasteiger partial charge in [-0.25, -0.2) is 0 Å². The smallest absolute Gasteiger partial charge is 0.122 e. The van der Waals surface area contributed by atoms with Crippen molar-refractivity contribution in [2.45, 2.75) is 39.7 Å². The monoisotopic (exact) mass is 251 g/mol. The van der Waals surface area contributed by atoms with Gasteiger partial charge in [0.1, 0.15) is 5.75 Å². The van der Waals surface area contributed by atoms with Crippen LogP contribution in [-0.4, -0.2) is 30.9 Å². The molecule has 1 unspecified atom stereocenters. The second-order valence-corrected chi connectivity index (χ2v) is 4.74. The van der Waals surface area contributed by atoms with Crippen molar-refractivity contribution in [3.63, 3.8) is 0 Å². The number of nitrogens with one attached hydrogen (secondary N) is 1. The molecule has 0 saturated heterocycles. The predicted molar refractivity (Wildman–Crippen MR) is 75.2 cm³/mol. The number of aliphatic hydroxyl groups is 1. The van der Waals surface area contributed by atoms with Crippen LogP contribution >= 0.6 is 0 Å². The zero-order valence-electron chi connectivity index (χ0n) is 11.7. The molecule has 3 heteroatoms. The van der Waals surface area contributed by atoms with Gasteiger partial charge in [0.05, 0.1) is 13.2 Å². The van der Waals surface area contributed by atoms with Crippen LogP contribution in [0.15, 0.2) is 18.2 Å². The number of rotatable bonds is 8. The molecule has 0 amide bonds. The Balaban J connectivity index is 2.37. The zero-order valence-corrected chi connectivity index (χ0v) is 11.7. The first kappa shape index (κ1) is 15.0. The van der Waals surface area contributed by atoms with E-state index in [4.69, 9.17) is 4.74 Å². The summed E-state index contributed by atoms with van der Waals surface area (Å²) in [6.45, 7) is 7.96. The molecule has 0 spiro atoms. The minimum atomic E-state index is 0.134. The summed E-state index contributed by atoms with van der Waals surface area (Å²) >= 11 is 0. The fraction of sp³-hybridized carbons (Fsp3) is 0.600. The lowest BCUT2D eigenvalue weighted by Gasteiger charge is -2.16. The van der Waals surface area contributed by atoms with Crippen LogP contribution in [0.2, 0.25) is 0 Å². The van der Waals surface area contributed by atoms with Crippen LogP contribution < -0.4 is 10.1 Å². The Morgan fingerprint density at radius 2 is 2.11 bits per heavy atom. The minimum absolute atomic E-state index is 0.134. The summed E-state index contributed by atoms with van der Waals surface area (Å²) in [5, 5.41) is 12.5. The lowest BCUT2D eigenvalue weighted by atomic mass is 10.1. The van der Waals surface area contributed by atoms with Crippen molar-refractivity contribution in [2.24, 2.45) is 0 Å². The molecule has 0 aromatic heterocycles. The van der Waals surface area contributed by atoms with E-state index in [1.807, 2.05) is 6.92 Å². The van der Waals surface area contributed by atoms with Crippen molar-refractivity contribution in [1.82, 2.24) is 5.32 Å². The summed E-state index contributed by atoms with van der Waals surface area (Å²) < 4.78 is 5.78. The van der Waals surface area contributed by atoms with Gasteiger partial charge in [-0.2, -0.15) is 0 Å². The first-order valence-corrected chi connectivity index (χ1v) is 6.71. The topological polar surface area (TPSA) is 41.5 Å². The standard InChI is InChI=1S/C15H25NO2/c1-4-8-16-14(11-17)7-9-18-15-10-12(2)5-6-13(15)3/h5-6,10,14,16-17H,4,7-9,11H2,1-3H3. The van der Waals surface area contributed by atoms with Gasteiger partial charge in [-0.1, -0.05) is 19.1 Å². The van der Waals surface area contributed by atoms with Gasteiger partial charge in [0.15, 0.2) is 0 Å².